The van der Waals surface area contributed by atoms with Crippen molar-refractivity contribution in [3.63, 3.8) is 0 Å². The largest absolute Gasteiger partial charge is 0.388 e. The number of nitriles is 1. The molecule has 0 aromatic heterocycles. The van der Waals surface area contributed by atoms with E-state index in [0.717, 1.165) is 65.9 Å². The second kappa shape index (κ2) is 13.5. The van der Waals surface area contributed by atoms with Gasteiger partial charge in [0.1, 0.15) is 11.9 Å². The number of likely N-dealkylation sites (tertiary alicyclic amines) is 1. The third kappa shape index (κ3) is 6.47. The van der Waals surface area contributed by atoms with Crippen LogP contribution in [-0.4, -0.2) is 62.0 Å². The van der Waals surface area contributed by atoms with Gasteiger partial charge in [0.2, 0.25) is 0 Å². The van der Waals surface area contributed by atoms with Crippen molar-refractivity contribution in [3.8, 4) is 6.07 Å². The van der Waals surface area contributed by atoms with Gasteiger partial charge in [-0.3, -0.25) is 9.79 Å². The number of aryl methyl sites for hydroxylation is 2. The highest BCUT2D eigenvalue weighted by Gasteiger charge is 2.44. The molecule has 2 aromatic carbocycles. The minimum Gasteiger partial charge on any atom is -0.388 e. The molecule has 43 heavy (non-hydrogen) atoms. The number of amides is 1. The maximum Gasteiger partial charge on any atom is 0.251 e. The van der Waals surface area contributed by atoms with E-state index < -0.39 is 5.41 Å². The third-order valence-corrected chi connectivity index (χ3v) is 8.84. The number of nitrogens with two attached hydrogens (primary N) is 1. The van der Waals surface area contributed by atoms with E-state index in [-0.39, 0.29) is 24.0 Å². The predicted octanol–water partition coefficient (Wildman–Crippen LogP) is 4.26. The van der Waals surface area contributed by atoms with Crippen molar-refractivity contribution < 1.29 is 4.79 Å². The highest BCUT2D eigenvalue weighted by molar-refractivity contribution is 5.98. The molecule has 8 nitrogen and oxygen atoms in total. The minimum absolute atomic E-state index is 0.00152. The number of fused-ring (bicyclic) bond motifs is 2. The topological polar surface area (TPSA) is 119 Å². The molecule has 1 heterocycles. The van der Waals surface area contributed by atoms with Crippen LogP contribution in [0.4, 0.5) is 0 Å². The van der Waals surface area contributed by atoms with Gasteiger partial charge in [0.15, 0.2) is 0 Å². The SMILES string of the molecule is C=C(NC)c1ccc2c(c1)CCc1cc(C(=O)NC)ccc1C2(C[C@@H](C)NCC(=C)N1CCCC1C#N)C(N)=NC(C)C. The second-order valence-electron chi connectivity index (χ2n) is 12.1. The quantitative estimate of drug-likeness (QED) is 0.233. The first-order valence-corrected chi connectivity index (χ1v) is 15.3. The Morgan fingerprint density at radius 2 is 1.72 bits per heavy atom. The Bertz CT molecular complexity index is 1380. The molecule has 2 aromatic rings. The molecule has 3 atom stereocenters. The summed E-state index contributed by atoms with van der Waals surface area (Å²) in [6, 6.07) is 14.8. The molecule has 5 N–H and O–H groups in total. The van der Waals surface area contributed by atoms with Crippen LogP contribution in [0.25, 0.3) is 5.70 Å². The van der Waals surface area contributed by atoms with E-state index in [4.69, 9.17) is 10.7 Å². The molecule has 1 aliphatic carbocycles. The molecule has 1 fully saturated rings. The molecule has 1 amide bonds. The number of nitrogens with zero attached hydrogens (tertiary/aromatic N) is 3. The Kier molecular flexibility index (Phi) is 9.98. The smallest absolute Gasteiger partial charge is 0.251 e. The van der Waals surface area contributed by atoms with Gasteiger partial charge in [-0.2, -0.15) is 5.26 Å². The summed E-state index contributed by atoms with van der Waals surface area (Å²) in [6.07, 6.45) is 4.10. The summed E-state index contributed by atoms with van der Waals surface area (Å²) in [5, 5.41) is 19.2. The van der Waals surface area contributed by atoms with E-state index in [2.05, 4.69) is 71.3 Å². The fourth-order valence-electron chi connectivity index (χ4n) is 6.66. The molecule has 0 bridgehead atoms. The summed E-state index contributed by atoms with van der Waals surface area (Å²) in [7, 11) is 3.53. The van der Waals surface area contributed by atoms with Crippen LogP contribution < -0.4 is 21.7 Å². The Morgan fingerprint density at radius 3 is 2.30 bits per heavy atom. The summed E-state index contributed by atoms with van der Waals surface area (Å²) < 4.78 is 0. The molecule has 0 saturated carbocycles. The maximum absolute atomic E-state index is 12.7. The van der Waals surface area contributed by atoms with E-state index in [1.54, 1.807) is 7.05 Å². The Morgan fingerprint density at radius 1 is 1.09 bits per heavy atom. The van der Waals surface area contributed by atoms with Gasteiger partial charge >= 0.3 is 0 Å². The van der Waals surface area contributed by atoms with Crippen LogP contribution in [-0.2, 0) is 18.3 Å². The van der Waals surface area contributed by atoms with E-state index >= 15 is 0 Å². The number of carbonyl (C=O) groups excluding carboxylic acids is 1. The van der Waals surface area contributed by atoms with Crippen molar-refractivity contribution in [2.24, 2.45) is 10.7 Å². The highest BCUT2D eigenvalue weighted by Crippen LogP contribution is 2.44. The van der Waals surface area contributed by atoms with Gasteiger partial charge in [-0.15, -0.1) is 0 Å². The van der Waals surface area contributed by atoms with Crippen molar-refractivity contribution in [2.45, 2.75) is 76.4 Å². The van der Waals surface area contributed by atoms with Crippen LogP contribution in [0.5, 0.6) is 0 Å². The van der Waals surface area contributed by atoms with Crippen molar-refractivity contribution in [2.75, 3.05) is 27.2 Å². The Hall–Kier alpha value is -4.09. The first-order valence-electron chi connectivity index (χ1n) is 15.3. The lowest BCUT2D eigenvalue weighted by Crippen LogP contribution is -2.48. The van der Waals surface area contributed by atoms with Gasteiger partial charge in [0.25, 0.3) is 5.91 Å². The zero-order chi connectivity index (χ0) is 31.3. The summed E-state index contributed by atoms with van der Waals surface area (Å²) in [4.78, 5) is 19.8. The van der Waals surface area contributed by atoms with E-state index in [0.29, 0.717) is 24.4 Å². The molecule has 2 aliphatic rings. The van der Waals surface area contributed by atoms with E-state index in [1.165, 1.54) is 5.56 Å². The number of carbonyl (C=O) groups is 1. The number of hydrogen-bond acceptors (Lipinski definition) is 6. The number of benzene rings is 2. The van der Waals surface area contributed by atoms with Gasteiger partial charge in [0.05, 0.1) is 11.5 Å². The molecule has 228 valence electrons. The Labute approximate surface area is 257 Å². The Balaban J connectivity index is 1.84. The van der Waals surface area contributed by atoms with Crippen LogP contribution in [0.1, 0.15) is 78.2 Å². The standard InChI is InChI=1S/C35H47N7O/c1-22(2)41-34(37)35(19-23(3)40-21-24(4)42-16-8-9-30(42)20-36)31-14-12-26(25(5)38-6)17-27(31)10-11-28-18-29(33(43)39-7)13-15-32(28)35/h12-15,17-18,22-23,30,38,40H,4-5,8-11,16,19,21H2,1-3,6-7H3,(H2,37,41)(H,39,43)/t23-,30?,35?/m1/s1. The third-order valence-electron chi connectivity index (χ3n) is 8.84. The normalized spacial score (nSPS) is 20.4. The number of amidine groups is 1. The van der Waals surface area contributed by atoms with Crippen molar-refractivity contribution in [1.82, 2.24) is 20.9 Å². The maximum atomic E-state index is 12.7. The molecular weight excluding hydrogens is 534 g/mol. The zero-order valence-electron chi connectivity index (χ0n) is 26.4. The molecule has 4 rings (SSSR count). The zero-order valence-corrected chi connectivity index (χ0v) is 26.4. The summed E-state index contributed by atoms with van der Waals surface area (Å²) >= 11 is 0. The van der Waals surface area contributed by atoms with Gasteiger partial charge in [-0.1, -0.05) is 31.4 Å². The van der Waals surface area contributed by atoms with Crippen molar-refractivity contribution >= 4 is 17.4 Å². The molecule has 8 heteroatoms. The summed E-state index contributed by atoms with van der Waals surface area (Å²) in [6.45, 7) is 16.2. The first kappa shape index (κ1) is 31.8. The van der Waals surface area contributed by atoms with Crippen molar-refractivity contribution in [1.29, 1.82) is 5.26 Å². The van der Waals surface area contributed by atoms with Crippen molar-refractivity contribution in [3.05, 3.63) is 88.6 Å². The number of nitrogens with one attached hydrogen (secondary N) is 3. The minimum atomic E-state index is -0.733. The van der Waals surface area contributed by atoms with Crippen LogP contribution in [0, 0.1) is 11.3 Å². The lowest BCUT2D eigenvalue weighted by molar-refractivity contribution is 0.0963. The summed E-state index contributed by atoms with van der Waals surface area (Å²) in [5.41, 5.74) is 14.3. The van der Waals surface area contributed by atoms with Gasteiger partial charge in [0, 0.05) is 56.2 Å². The van der Waals surface area contributed by atoms with Gasteiger partial charge in [-0.05, 0) is 98.9 Å². The molecule has 1 aliphatic heterocycles. The average molecular weight is 582 g/mol. The lowest BCUT2D eigenvalue weighted by atomic mass is 9.67. The number of rotatable bonds is 11. The fourth-order valence-corrected chi connectivity index (χ4v) is 6.66. The molecular formula is C35H47N7O. The molecule has 0 radical (unpaired) electrons. The van der Waals surface area contributed by atoms with Gasteiger partial charge in [-0.25, -0.2) is 0 Å². The molecule has 2 unspecified atom stereocenters. The number of hydrogen-bond donors (Lipinski definition) is 4. The van der Waals surface area contributed by atoms with Crippen LogP contribution in [0.15, 0.2) is 60.2 Å². The van der Waals surface area contributed by atoms with Crippen LogP contribution >= 0.6 is 0 Å². The fraction of sp³-hybridized carbons (Fsp3) is 0.457. The molecule has 1 saturated heterocycles. The molecule has 0 spiro atoms. The van der Waals surface area contributed by atoms with Crippen LogP contribution in [0.3, 0.4) is 0 Å². The monoisotopic (exact) mass is 581 g/mol. The second-order valence-corrected chi connectivity index (χ2v) is 12.1. The van der Waals surface area contributed by atoms with E-state index in [9.17, 15) is 10.1 Å². The lowest BCUT2D eigenvalue weighted by Gasteiger charge is -2.39. The van der Waals surface area contributed by atoms with Crippen LogP contribution in [0.2, 0.25) is 0 Å². The summed E-state index contributed by atoms with van der Waals surface area (Å²) in [5.74, 6) is 0.453. The number of aliphatic imine (C=N–C) groups is 1. The first-order chi connectivity index (χ1) is 20.5. The average Bonchev–Trinajstić information content (AvgIpc) is 3.44. The van der Waals surface area contributed by atoms with E-state index in [1.807, 2.05) is 33.0 Å². The van der Waals surface area contributed by atoms with Gasteiger partial charge < -0.3 is 26.6 Å². The highest BCUT2D eigenvalue weighted by atomic mass is 16.1. The predicted molar refractivity (Wildman–Crippen MR) is 176 cm³/mol.